The summed E-state index contributed by atoms with van der Waals surface area (Å²) in [5.74, 6) is -0.00180. The van der Waals surface area contributed by atoms with Crippen LogP contribution in [0, 0.1) is 50.7 Å². The van der Waals surface area contributed by atoms with Crippen LogP contribution in [-0.2, 0) is 0 Å². The highest BCUT2D eigenvalue weighted by Gasteiger charge is 2.64. The molecule has 27 heavy (non-hydrogen) atoms. The number of rotatable bonds is 3. The number of hydrogen-bond donors (Lipinski definition) is 1. The first-order valence-electron chi connectivity index (χ1n) is 9.91. The molecule has 6 nitrogen and oxygen atoms in total. The molecule has 0 aromatic heterocycles. The molecule has 1 unspecified atom stereocenters. The van der Waals surface area contributed by atoms with Gasteiger partial charge >= 0.3 is 0 Å². The van der Waals surface area contributed by atoms with Gasteiger partial charge in [-0.3, -0.25) is 4.90 Å². The molecular formula is C21H28N6. The average molecular weight is 364 g/mol. The molecule has 3 aliphatic rings. The first-order chi connectivity index (χ1) is 13.0. The Hall–Kier alpha value is -2.33. The number of fused-ring (bicyclic) bond motifs is 2. The summed E-state index contributed by atoms with van der Waals surface area (Å²) in [5, 5.41) is 30.2. The summed E-state index contributed by atoms with van der Waals surface area (Å²) in [4.78, 5) is 4.73. The summed E-state index contributed by atoms with van der Waals surface area (Å²) >= 11 is 0. The molecule has 6 heteroatoms. The van der Waals surface area contributed by atoms with E-state index in [2.05, 4.69) is 47.9 Å². The van der Waals surface area contributed by atoms with Crippen LogP contribution >= 0.6 is 0 Å². The SMILES string of the molecule is CCCN1CC=C2C(C#N)=C(N)C(C#N)(C#N)C3(CCN(CC)CC3)C2C1. The number of hydrogen-bond acceptors (Lipinski definition) is 6. The van der Waals surface area contributed by atoms with Crippen molar-refractivity contribution in [3.63, 3.8) is 0 Å². The minimum absolute atomic E-state index is 0.00180. The fourth-order valence-corrected chi connectivity index (χ4v) is 5.41. The van der Waals surface area contributed by atoms with Crippen LogP contribution in [0.15, 0.2) is 22.9 Å². The molecule has 0 bridgehead atoms. The predicted molar refractivity (Wildman–Crippen MR) is 103 cm³/mol. The molecule has 1 atom stereocenters. The summed E-state index contributed by atoms with van der Waals surface area (Å²) in [5.41, 5.74) is 5.94. The van der Waals surface area contributed by atoms with E-state index >= 15 is 0 Å². The molecule has 1 spiro atoms. The van der Waals surface area contributed by atoms with E-state index < -0.39 is 10.8 Å². The van der Waals surface area contributed by atoms with E-state index in [9.17, 15) is 15.8 Å². The molecule has 0 aromatic rings. The molecule has 2 N–H and O–H groups in total. The highest BCUT2D eigenvalue weighted by Crippen LogP contribution is 2.61. The van der Waals surface area contributed by atoms with Crippen molar-refractivity contribution in [1.29, 1.82) is 15.8 Å². The zero-order valence-electron chi connectivity index (χ0n) is 16.3. The lowest BCUT2D eigenvalue weighted by Crippen LogP contribution is -2.60. The second-order valence-electron chi connectivity index (χ2n) is 7.94. The van der Waals surface area contributed by atoms with Gasteiger partial charge in [-0.1, -0.05) is 19.9 Å². The van der Waals surface area contributed by atoms with Gasteiger partial charge < -0.3 is 10.6 Å². The van der Waals surface area contributed by atoms with Gasteiger partial charge in [-0.25, -0.2) is 0 Å². The van der Waals surface area contributed by atoms with Gasteiger partial charge in [0.15, 0.2) is 5.41 Å². The second kappa shape index (κ2) is 7.35. The van der Waals surface area contributed by atoms with E-state index in [-0.39, 0.29) is 11.6 Å². The Morgan fingerprint density at radius 3 is 2.33 bits per heavy atom. The van der Waals surface area contributed by atoms with Crippen molar-refractivity contribution in [3.8, 4) is 18.2 Å². The van der Waals surface area contributed by atoms with E-state index in [0.717, 1.165) is 64.1 Å². The molecule has 3 rings (SSSR count). The Morgan fingerprint density at radius 2 is 1.81 bits per heavy atom. The van der Waals surface area contributed by atoms with E-state index in [1.807, 2.05) is 0 Å². The van der Waals surface area contributed by atoms with Crippen LogP contribution in [0.3, 0.4) is 0 Å². The molecule has 1 saturated heterocycles. The Labute approximate surface area is 162 Å². The average Bonchev–Trinajstić information content (AvgIpc) is 2.70. The van der Waals surface area contributed by atoms with Gasteiger partial charge in [0.2, 0.25) is 0 Å². The van der Waals surface area contributed by atoms with Crippen molar-refractivity contribution in [2.24, 2.45) is 22.5 Å². The topological polar surface area (TPSA) is 104 Å². The molecule has 0 amide bonds. The van der Waals surface area contributed by atoms with Gasteiger partial charge in [-0.05, 0) is 51.0 Å². The molecule has 0 saturated carbocycles. The van der Waals surface area contributed by atoms with E-state index in [0.29, 0.717) is 5.57 Å². The van der Waals surface area contributed by atoms with Crippen molar-refractivity contribution in [1.82, 2.24) is 9.80 Å². The molecule has 0 aromatic carbocycles. The standard InChI is InChI=1S/C21H28N6/c1-3-8-27-9-5-16-17(12-22)19(25)21(14-23,15-24)20(18(16)13-27)6-10-26(4-2)11-7-20/h5,18H,3-4,6-11,13,25H2,1-2H3. The van der Waals surface area contributed by atoms with E-state index in [4.69, 9.17) is 5.73 Å². The lowest BCUT2D eigenvalue weighted by Gasteiger charge is -2.57. The van der Waals surface area contributed by atoms with Crippen molar-refractivity contribution in [2.75, 3.05) is 39.3 Å². The Kier molecular flexibility index (Phi) is 5.29. The van der Waals surface area contributed by atoms with Crippen LogP contribution in [0.4, 0.5) is 0 Å². The van der Waals surface area contributed by atoms with Gasteiger partial charge in [0, 0.05) is 24.4 Å². The second-order valence-corrected chi connectivity index (χ2v) is 7.94. The van der Waals surface area contributed by atoms with E-state index in [1.54, 1.807) is 0 Å². The summed E-state index contributed by atoms with van der Waals surface area (Å²) in [6, 6.07) is 6.81. The maximum absolute atomic E-state index is 10.2. The number of piperidine rings is 1. The smallest absolute Gasteiger partial charge is 0.190 e. The maximum Gasteiger partial charge on any atom is 0.190 e. The van der Waals surface area contributed by atoms with Crippen LogP contribution in [0.2, 0.25) is 0 Å². The number of nitriles is 3. The zero-order chi connectivity index (χ0) is 19.7. The normalized spacial score (nSPS) is 27.2. The molecule has 2 aliphatic heterocycles. The van der Waals surface area contributed by atoms with Gasteiger partial charge in [0.25, 0.3) is 0 Å². The van der Waals surface area contributed by atoms with Crippen LogP contribution in [-0.4, -0.2) is 49.1 Å². The van der Waals surface area contributed by atoms with Crippen LogP contribution in [0.1, 0.15) is 33.1 Å². The maximum atomic E-state index is 10.2. The predicted octanol–water partition coefficient (Wildman–Crippen LogP) is 2.14. The molecule has 0 radical (unpaired) electrons. The number of likely N-dealkylation sites (tertiary alicyclic amines) is 1. The highest BCUT2D eigenvalue weighted by molar-refractivity contribution is 5.58. The summed E-state index contributed by atoms with van der Waals surface area (Å²) in [6.07, 6.45) is 4.67. The Bertz CT molecular complexity index is 765. The lowest BCUT2D eigenvalue weighted by molar-refractivity contribution is -0.00936. The van der Waals surface area contributed by atoms with Gasteiger partial charge in [-0.15, -0.1) is 0 Å². The minimum atomic E-state index is -1.44. The van der Waals surface area contributed by atoms with Gasteiger partial charge in [-0.2, -0.15) is 15.8 Å². The number of nitrogens with zero attached hydrogens (tertiary/aromatic N) is 5. The van der Waals surface area contributed by atoms with Gasteiger partial charge in [0.05, 0.1) is 23.4 Å². The minimum Gasteiger partial charge on any atom is -0.399 e. The highest BCUT2D eigenvalue weighted by atomic mass is 15.1. The fourth-order valence-electron chi connectivity index (χ4n) is 5.41. The third-order valence-electron chi connectivity index (χ3n) is 6.94. The number of nitrogens with two attached hydrogens (primary N) is 1. The molecule has 1 fully saturated rings. The lowest BCUT2D eigenvalue weighted by atomic mass is 9.47. The largest absolute Gasteiger partial charge is 0.399 e. The zero-order valence-corrected chi connectivity index (χ0v) is 16.3. The first kappa shape index (κ1) is 19.4. The van der Waals surface area contributed by atoms with Crippen molar-refractivity contribution in [2.45, 2.75) is 33.1 Å². The quantitative estimate of drug-likeness (QED) is 0.823. The first-order valence-corrected chi connectivity index (χ1v) is 9.91. The van der Waals surface area contributed by atoms with Gasteiger partial charge in [0.1, 0.15) is 6.07 Å². The Morgan fingerprint density at radius 1 is 1.15 bits per heavy atom. The summed E-state index contributed by atoms with van der Waals surface area (Å²) in [6.45, 7) is 9.52. The van der Waals surface area contributed by atoms with Crippen LogP contribution in [0.25, 0.3) is 0 Å². The summed E-state index contributed by atoms with van der Waals surface area (Å²) < 4.78 is 0. The van der Waals surface area contributed by atoms with Crippen LogP contribution < -0.4 is 5.73 Å². The molecular weight excluding hydrogens is 336 g/mol. The molecule has 2 heterocycles. The molecule has 1 aliphatic carbocycles. The monoisotopic (exact) mass is 364 g/mol. The summed E-state index contributed by atoms with van der Waals surface area (Å²) in [7, 11) is 0. The van der Waals surface area contributed by atoms with E-state index in [1.165, 1.54) is 0 Å². The van der Waals surface area contributed by atoms with Crippen molar-refractivity contribution in [3.05, 3.63) is 22.9 Å². The van der Waals surface area contributed by atoms with Crippen LogP contribution in [0.5, 0.6) is 0 Å². The Balaban J connectivity index is 2.19. The number of allylic oxidation sites excluding steroid dienone is 2. The fraction of sp³-hybridized carbons (Fsp3) is 0.667. The third-order valence-corrected chi connectivity index (χ3v) is 6.94. The van der Waals surface area contributed by atoms with Crippen molar-refractivity contribution < 1.29 is 0 Å². The van der Waals surface area contributed by atoms with Crippen molar-refractivity contribution >= 4 is 0 Å². The third kappa shape index (κ3) is 2.66. The molecule has 142 valence electrons.